The quantitative estimate of drug-likeness (QED) is 0.241. The molecule has 0 spiro atoms. The highest BCUT2D eigenvalue weighted by molar-refractivity contribution is 9.10. The van der Waals surface area contributed by atoms with Crippen molar-refractivity contribution in [2.45, 2.75) is 6.54 Å². The van der Waals surface area contributed by atoms with Gasteiger partial charge in [-0.2, -0.15) is 4.68 Å². The van der Waals surface area contributed by atoms with Crippen molar-refractivity contribution >= 4 is 33.6 Å². The van der Waals surface area contributed by atoms with E-state index in [1.54, 1.807) is 42.5 Å². The summed E-state index contributed by atoms with van der Waals surface area (Å²) in [5, 5.41) is 14.7. The Bertz CT molecular complexity index is 1020. The highest BCUT2D eigenvalue weighted by atomic mass is 79.9. The maximum absolute atomic E-state index is 12.3. The van der Waals surface area contributed by atoms with E-state index in [2.05, 4.69) is 21.0 Å². The Morgan fingerprint density at radius 3 is 2.85 bits per heavy atom. The van der Waals surface area contributed by atoms with Crippen LogP contribution in [-0.4, -0.2) is 27.6 Å². The van der Waals surface area contributed by atoms with E-state index < -0.39 is 4.92 Å². The first-order valence-corrected chi connectivity index (χ1v) is 8.58. The summed E-state index contributed by atoms with van der Waals surface area (Å²) in [7, 11) is 1.51. The highest BCUT2D eigenvalue weighted by Gasteiger charge is 2.19. The number of para-hydroxylation sites is 1. The van der Waals surface area contributed by atoms with Crippen LogP contribution < -0.4 is 4.74 Å². The molecule has 2 aromatic heterocycles. The van der Waals surface area contributed by atoms with E-state index in [0.717, 1.165) is 0 Å². The van der Waals surface area contributed by atoms with Gasteiger partial charge in [0.05, 0.1) is 24.0 Å². The molecule has 0 saturated heterocycles. The zero-order valence-corrected chi connectivity index (χ0v) is 15.8. The van der Waals surface area contributed by atoms with Gasteiger partial charge in [-0.3, -0.25) is 4.79 Å². The van der Waals surface area contributed by atoms with Crippen molar-refractivity contribution in [2.75, 3.05) is 7.11 Å². The minimum Gasteiger partial charge on any atom is -0.496 e. The van der Waals surface area contributed by atoms with Gasteiger partial charge in [0.2, 0.25) is 0 Å². The van der Waals surface area contributed by atoms with E-state index >= 15 is 0 Å². The van der Waals surface area contributed by atoms with Crippen molar-refractivity contribution in [3.05, 3.63) is 80.3 Å². The SMILES string of the molecule is COc1ccccc1C(=O)/C=C/c1ccc(Cn2cc(Br)c([N+](=O)[O-])n2)o1. The van der Waals surface area contributed by atoms with Gasteiger partial charge < -0.3 is 19.3 Å². The van der Waals surface area contributed by atoms with Crippen LogP contribution in [0.15, 0.2) is 57.6 Å². The molecule has 0 atom stereocenters. The first kappa shape index (κ1) is 18.6. The van der Waals surface area contributed by atoms with E-state index in [-0.39, 0.29) is 18.1 Å². The molecule has 0 bridgehead atoms. The van der Waals surface area contributed by atoms with Gasteiger partial charge in [-0.25, -0.2) is 0 Å². The summed E-state index contributed by atoms with van der Waals surface area (Å²) in [5.41, 5.74) is 0.455. The number of furan rings is 1. The van der Waals surface area contributed by atoms with Crippen LogP contribution in [0.5, 0.6) is 5.75 Å². The smallest absolute Gasteiger partial charge is 0.404 e. The number of hydrogen-bond acceptors (Lipinski definition) is 6. The molecule has 2 heterocycles. The number of carbonyl (C=O) groups is 1. The summed E-state index contributed by atoms with van der Waals surface area (Å²) in [5.74, 6) is 1.05. The summed E-state index contributed by atoms with van der Waals surface area (Å²) in [6, 6.07) is 10.4. The minimum atomic E-state index is -0.569. The molecule has 9 heteroatoms. The van der Waals surface area contributed by atoms with Gasteiger partial charge in [-0.1, -0.05) is 12.1 Å². The van der Waals surface area contributed by atoms with E-state index in [0.29, 0.717) is 27.3 Å². The van der Waals surface area contributed by atoms with Crippen molar-refractivity contribution in [2.24, 2.45) is 0 Å². The van der Waals surface area contributed by atoms with E-state index in [4.69, 9.17) is 9.15 Å². The van der Waals surface area contributed by atoms with Crippen molar-refractivity contribution in [3.8, 4) is 5.75 Å². The second-order valence-corrected chi connectivity index (χ2v) is 6.31. The van der Waals surface area contributed by atoms with E-state index in [1.807, 2.05) is 0 Å². The van der Waals surface area contributed by atoms with Crippen LogP contribution in [0.25, 0.3) is 6.08 Å². The topological polar surface area (TPSA) is 100 Å². The Morgan fingerprint density at radius 1 is 1.37 bits per heavy atom. The normalized spacial score (nSPS) is 11.0. The lowest BCUT2D eigenvalue weighted by atomic mass is 10.1. The number of halogens is 1. The molecule has 27 heavy (non-hydrogen) atoms. The summed E-state index contributed by atoms with van der Waals surface area (Å²) < 4.78 is 12.5. The molecule has 0 fully saturated rings. The summed E-state index contributed by atoms with van der Waals surface area (Å²) in [6.45, 7) is 0.223. The maximum atomic E-state index is 12.3. The third-order valence-electron chi connectivity index (χ3n) is 3.64. The number of ketones is 1. The molecule has 3 aromatic rings. The van der Waals surface area contributed by atoms with Crippen molar-refractivity contribution in [1.82, 2.24) is 9.78 Å². The summed E-state index contributed by atoms with van der Waals surface area (Å²) >= 11 is 3.10. The van der Waals surface area contributed by atoms with Crippen LogP contribution in [0.1, 0.15) is 21.9 Å². The van der Waals surface area contributed by atoms with Gasteiger partial charge in [0.25, 0.3) is 0 Å². The molecule has 138 valence electrons. The highest BCUT2D eigenvalue weighted by Crippen LogP contribution is 2.23. The lowest BCUT2D eigenvalue weighted by molar-refractivity contribution is -0.390. The van der Waals surface area contributed by atoms with Gasteiger partial charge in [0.15, 0.2) is 5.78 Å². The molecule has 3 rings (SSSR count). The number of hydrogen-bond donors (Lipinski definition) is 0. The number of rotatable bonds is 7. The van der Waals surface area contributed by atoms with Crippen LogP contribution in [0.3, 0.4) is 0 Å². The number of nitro groups is 1. The predicted molar refractivity (Wildman–Crippen MR) is 101 cm³/mol. The Hall–Kier alpha value is -3.20. The Morgan fingerprint density at radius 2 is 2.15 bits per heavy atom. The van der Waals surface area contributed by atoms with Crippen LogP contribution >= 0.6 is 15.9 Å². The molecule has 0 saturated carbocycles. The van der Waals surface area contributed by atoms with Crippen molar-refractivity contribution < 1.29 is 18.9 Å². The standard InChI is InChI=1S/C18H14BrN3O5/c1-26-17-5-3-2-4-14(17)16(23)9-8-12-6-7-13(27-12)10-21-11-15(19)18(20-21)22(24)25/h2-9,11H,10H2,1H3/b9-8+. The fourth-order valence-electron chi connectivity index (χ4n) is 2.42. The molecule has 0 N–H and O–H groups in total. The monoisotopic (exact) mass is 431 g/mol. The number of benzene rings is 1. The molecular formula is C18H14BrN3O5. The number of methoxy groups -OCH3 is 1. The molecule has 0 aliphatic rings. The number of allylic oxidation sites excluding steroid dienone is 1. The third-order valence-corrected chi connectivity index (χ3v) is 4.20. The first-order valence-electron chi connectivity index (χ1n) is 7.79. The van der Waals surface area contributed by atoms with E-state index in [1.165, 1.54) is 24.1 Å². The molecule has 0 unspecified atom stereocenters. The average molecular weight is 432 g/mol. The number of aromatic nitrogens is 2. The van der Waals surface area contributed by atoms with Crippen LogP contribution in [0.4, 0.5) is 5.82 Å². The summed E-state index contributed by atoms with van der Waals surface area (Å²) in [6.07, 6.45) is 4.46. The van der Waals surface area contributed by atoms with Gasteiger partial charge in [-0.05, 0) is 57.3 Å². The van der Waals surface area contributed by atoms with Gasteiger partial charge in [0.1, 0.15) is 28.3 Å². The van der Waals surface area contributed by atoms with Crippen LogP contribution in [-0.2, 0) is 6.54 Å². The fraction of sp³-hybridized carbons (Fsp3) is 0.111. The predicted octanol–water partition coefficient (Wildman–Crippen LogP) is 4.10. The summed E-state index contributed by atoms with van der Waals surface area (Å²) in [4.78, 5) is 22.6. The zero-order chi connectivity index (χ0) is 19.4. The molecular weight excluding hydrogens is 418 g/mol. The lowest BCUT2D eigenvalue weighted by Crippen LogP contribution is -2.00. The lowest BCUT2D eigenvalue weighted by Gasteiger charge is -2.03. The zero-order valence-electron chi connectivity index (χ0n) is 14.2. The van der Waals surface area contributed by atoms with Gasteiger partial charge in [0, 0.05) is 0 Å². The third kappa shape index (κ3) is 4.32. The maximum Gasteiger partial charge on any atom is 0.404 e. The molecule has 0 radical (unpaired) electrons. The van der Waals surface area contributed by atoms with Crippen LogP contribution in [0, 0.1) is 10.1 Å². The first-order chi connectivity index (χ1) is 13.0. The van der Waals surface area contributed by atoms with Crippen molar-refractivity contribution in [1.29, 1.82) is 0 Å². The number of nitrogens with zero attached hydrogens (tertiary/aromatic N) is 3. The van der Waals surface area contributed by atoms with Crippen molar-refractivity contribution in [3.63, 3.8) is 0 Å². The van der Waals surface area contributed by atoms with Gasteiger partial charge >= 0.3 is 5.82 Å². The molecule has 0 aliphatic heterocycles. The van der Waals surface area contributed by atoms with Crippen LogP contribution in [0.2, 0.25) is 0 Å². The molecule has 0 aliphatic carbocycles. The second-order valence-electron chi connectivity index (χ2n) is 5.46. The fourth-order valence-corrected chi connectivity index (χ4v) is 2.88. The van der Waals surface area contributed by atoms with E-state index in [9.17, 15) is 14.9 Å². The largest absolute Gasteiger partial charge is 0.496 e. The number of carbonyl (C=O) groups excluding carboxylic acids is 1. The molecule has 0 amide bonds. The Balaban J connectivity index is 1.70. The Labute approximate surface area is 162 Å². The molecule has 8 nitrogen and oxygen atoms in total. The van der Waals surface area contributed by atoms with Gasteiger partial charge in [-0.15, -0.1) is 0 Å². The second kappa shape index (κ2) is 8.00. The average Bonchev–Trinajstić information content (AvgIpc) is 3.26. The number of ether oxygens (including phenoxy) is 1. The minimum absolute atomic E-state index is 0.211. The molecule has 1 aromatic carbocycles. The Kier molecular flexibility index (Phi) is 5.51.